The van der Waals surface area contributed by atoms with E-state index in [1.807, 2.05) is 60.7 Å². The standard InChI is InChI=1S/C17H15ClN2O/c18-17-15(12-21)16(14-9-5-2-6-10-14)19-20(17)11-13-7-3-1-4-8-13/h1-10,21H,11-12H2. The molecule has 1 N–H and O–H groups in total. The summed E-state index contributed by atoms with van der Waals surface area (Å²) in [6.07, 6.45) is 0. The molecule has 21 heavy (non-hydrogen) atoms. The van der Waals surface area contributed by atoms with Crippen LogP contribution in [0.5, 0.6) is 0 Å². The van der Waals surface area contributed by atoms with Gasteiger partial charge in [0.2, 0.25) is 0 Å². The van der Waals surface area contributed by atoms with E-state index in [4.69, 9.17) is 11.6 Å². The fourth-order valence-corrected chi connectivity index (χ4v) is 2.55. The van der Waals surface area contributed by atoms with E-state index in [1.54, 1.807) is 4.68 Å². The number of hydrogen-bond donors (Lipinski definition) is 1. The van der Waals surface area contributed by atoms with E-state index in [0.717, 1.165) is 16.8 Å². The number of aliphatic hydroxyl groups excluding tert-OH is 1. The summed E-state index contributed by atoms with van der Waals surface area (Å²) in [5.41, 5.74) is 3.47. The van der Waals surface area contributed by atoms with E-state index in [1.165, 1.54) is 0 Å². The van der Waals surface area contributed by atoms with Gasteiger partial charge in [-0.25, -0.2) is 4.68 Å². The molecule has 3 rings (SSSR count). The third-order valence-corrected chi connectivity index (χ3v) is 3.79. The molecular formula is C17H15ClN2O. The Morgan fingerprint density at radius 3 is 2.19 bits per heavy atom. The highest BCUT2D eigenvalue weighted by molar-refractivity contribution is 6.30. The number of halogens is 1. The van der Waals surface area contributed by atoms with E-state index in [0.29, 0.717) is 17.3 Å². The minimum atomic E-state index is -0.127. The predicted octanol–water partition coefficient (Wildman–Crippen LogP) is 3.74. The average Bonchev–Trinajstić information content (AvgIpc) is 2.85. The van der Waals surface area contributed by atoms with Gasteiger partial charge in [-0.1, -0.05) is 72.3 Å². The summed E-state index contributed by atoms with van der Waals surface area (Å²) in [5, 5.41) is 14.7. The van der Waals surface area contributed by atoms with Gasteiger partial charge in [-0.05, 0) is 5.56 Å². The van der Waals surface area contributed by atoms with Crippen molar-refractivity contribution >= 4 is 11.6 Å². The normalized spacial score (nSPS) is 10.8. The number of aliphatic hydroxyl groups is 1. The van der Waals surface area contributed by atoms with Gasteiger partial charge < -0.3 is 5.11 Å². The Bertz CT molecular complexity index is 723. The van der Waals surface area contributed by atoms with Crippen molar-refractivity contribution in [2.45, 2.75) is 13.2 Å². The van der Waals surface area contributed by atoms with Crippen LogP contribution in [-0.4, -0.2) is 14.9 Å². The Morgan fingerprint density at radius 1 is 0.952 bits per heavy atom. The predicted molar refractivity (Wildman–Crippen MR) is 84.1 cm³/mol. The van der Waals surface area contributed by atoms with Gasteiger partial charge in [-0.15, -0.1) is 0 Å². The van der Waals surface area contributed by atoms with E-state index in [-0.39, 0.29) is 6.61 Å². The van der Waals surface area contributed by atoms with Gasteiger partial charge in [-0.3, -0.25) is 0 Å². The molecule has 0 amide bonds. The van der Waals surface area contributed by atoms with E-state index in [2.05, 4.69) is 5.10 Å². The monoisotopic (exact) mass is 298 g/mol. The van der Waals surface area contributed by atoms with Gasteiger partial charge in [-0.2, -0.15) is 5.10 Å². The molecule has 1 heterocycles. The summed E-state index contributed by atoms with van der Waals surface area (Å²) in [5.74, 6) is 0. The van der Waals surface area contributed by atoms with Crippen LogP contribution in [-0.2, 0) is 13.2 Å². The highest BCUT2D eigenvalue weighted by Gasteiger charge is 2.16. The van der Waals surface area contributed by atoms with Crippen molar-refractivity contribution in [3.8, 4) is 11.3 Å². The van der Waals surface area contributed by atoms with Gasteiger partial charge >= 0.3 is 0 Å². The summed E-state index contributed by atoms with van der Waals surface area (Å²) in [6.45, 7) is 0.456. The summed E-state index contributed by atoms with van der Waals surface area (Å²) in [6, 6.07) is 19.8. The van der Waals surface area contributed by atoms with Gasteiger partial charge in [0.05, 0.1) is 18.8 Å². The first-order valence-electron chi connectivity index (χ1n) is 6.75. The van der Waals surface area contributed by atoms with Crippen LogP contribution in [0.15, 0.2) is 60.7 Å². The van der Waals surface area contributed by atoms with Crippen molar-refractivity contribution in [1.29, 1.82) is 0 Å². The molecule has 0 unspecified atom stereocenters. The molecule has 3 nitrogen and oxygen atoms in total. The SMILES string of the molecule is OCc1c(-c2ccccc2)nn(Cc2ccccc2)c1Cl. The lowest BCUT2D eigenvalue weighted by Crippen LogP contribution is -2.01. The lowest BCUT2D eigenvalue weighted by molar-refractivity contribution is 0.282. The maximum atomic E-state index is 9.60. The number of hydrogen-bond acceptors (Lipinski definition) is 2. The Kier molecular flexibility index (Phi) is 4.04. The zero-order valence-electron chi connectivity index (χ0n) is 11.4. The Balaban J connectivity index is 2.02. The van der Waals surface area contributed by atoms with E-state index < -0.39 is 0 Å². The van der Waals surface area contributed by atoms with Crippen molar-refractivity contribution < 1.29 is 5.11 Å². The second-order valence-corrected chi connectivity index (χ2v) is 5.14. The third-order valence-electron chi connectivity index (χ3n) is 3.36. The van der Waals surface area contributed by atoms with E-state index in [9.17, 15) is 5.11 Å². The third kappa shape index (κ3) is 2.84. The van der Waals surface area contributed by atoms with Gasteiger partial charge in [0.15, 0.2) is 0 Å². The fourth-order valence-electron chi connectivity index (χ4n) is 2.31. The maximum Gasteiger partial charge on any atom is 0.133 e. The molecular weight excluding hydrogens is 284 g/mol. The zero-order chi connectivity index (χ0) is 14.7. The summed E-state index contributed by atoms with van der Waals surface area (Å²) >= 11 is 6.37. The number of nitrogens with zero attached hydrogens (tertiary/aromatic N) is 2. The van der Waals surface area contributed by atoms with Crippen LogP contribution < -0.4 is 0 Å². The molecule has 0 radical (unpaired) electrons. The zero-order valence-corrected chi connectivity index (χ0v) is 12.2. The maximum absolute atomic E-state index is 9.60. The summed E-state index contributed by atoms with van der Waals surface area (Å²) in [4.78, 5) is 0. The van der Waals surface area contributed by atoms with Crippen molar-refractivity contribution in [3.63, 3.8) is 0 Å². The Labute approximate surface area is 128 Å². The molecule has 0 spiro atoms. The molecule has 0 aliphatic rings. The molecule has 1 aromatic heterocycles. The van der Waals surface area contributed by atoms with Crippen LogP contribution in [0.4, 0.5) is 0 Å². The van der Waals surface area contributed by atoms with Crippen LogP contribution >= 0.6 is 11.6 Å². The summed E-state index contributed by atoms with van der Waals surface area (Å²) in [7, 11) is 0. The second-order valence-electron chi connectivity index (χ2n) is 4.79. The number of rotatable bonds is 4. The molecule has 0 aliphatic heterocycles. The lowest BCUT2D eigenvalue weighted by Gasteiger charge is -2.03. The first-order valence-corrected chi connectivity index (χ1v) is 7.13. The fraction of sp³-hybridized carbons (Fsp3) is 0.118. The average molecular weight is 299 g/mol. The topological polar surface area (TPSA) is 38.1 Å². The Morgan fingerprint density at radius 2 is 1.57 bits per heavy atom. The Hall–Kier alpha value is -2.10. The molecule has 106 valence electrons. The van der Waals surface area contributed by atoms with Crippen molar-refractivity contribution in [1.82, 2.24) is 9.78 Å². The minimum Gasteiger partial charge on any atom is -0.391 e. The minimum absolute atomic E-state index is 0.127. The molecule has 0 atom stereocenters. The molecule has 0 saturated carbocycles. The van der Waals surface area contributed by atoms with E-state index >= 15 is 0 Å². The number of benzene rings is 2. The first-order chi connectivity index (χ1) is 10.3. The van der Waals surface area contributed by atoms with Gasteiger partial charge in [0, 0.05) is 11.1 Å². The second kappa shape index (κ2) is 6.12. The molecule has 0 aliphatic carbocycles. The van der Waals surface area contributed by atoms with Crippen LogP contribution in [0.3, 0.4) is 0 Å². The summed E-state index contributed by atoms with van der Waals surface area (Å²) < 4.78 is 1.73. The van der Waals surface area contributed by atoms with Gasteiger partial charge in [0.25, 0.3) is 0 Å². The van der Waals surface area contributed by atoms with Crippen LogP contribution in [0.1, 0.15) is 11.1 Å². The molecule has 0 saturated heterocycles. The molecule has 0 fully saturated rings. The first kappa shape index (κ1) is 13.9. The highest BCUT2D eigenvalue weighted by atomic mass is 35.5. The van der Waals surface area contributed by atoms with Crippen molar-refractivity contribution in [2.24, 2.45) is 0 Å². The molecule has 3 aromatic rings. The smallest absolute Gasteiger partial charge is 0.133 e. The number of aromatic nitrogens is 2. The van der Waals surface area contributed by atoms with Crippen LogP contribution in [0.25, 0.3) is 11.3 Å². The van der Waals surface area contributed by atoms with Crippen LogP contribution in [0, 0.1) is 0 Å². The highest BCUT2D eigenvalue weighted by Crippen LogP contribution is 2.29. The largest absolute Gasteiger partial charge is 0.391 e. The van der Waals surface area contributed by atoms with Crippen molar-refractivity contribution in [2.75, 3.05) is 0 Å². The van der Waals surface area contributed by atoms with Crippen LogP contribution in [0.2, 0.25) is 5.15 Å². The molecule has 2 aromatic carbocycles. The molecule has 4 heteroatoms. The molecule has 0 bridgehead atoms. The lowest BCUT2D eigenvalue weighted by atomic mass is 10.1. The quantitative estimate of drug-likeness (QED) is 0.797. The van der Waals surface area contributed by atoms with Crippen molar-refractivity contribution in [3.05, 3.63) is 76.9 Å². The van der Waals surface area contributed by atoms with Gasteiger partial charge in [0.1, 0.15) is 5.15 Å².